The fourth-order valence-electron chi connectivity index (χ4n) is 2.90. The third-order valence-corrected chi connectivity index (χ3v) is 4.90. The minimum absolute atomic E-state index is 0.141. The van der Waals surface area contributed by atoms with E-state index in [-0.39, 0.29) is 18.4 Å². The molecule has 35 heavy (non-hydrogen) atoms. The van der Waals surface area contributed by atoms with Gasteiger partial charge in [-0.15, -0.1) is 0 Å². The zero-order valence-electron chi connectivity index (χ0n) is 19.4. The number of hydrogen-bond donors (Lipinski definition) is 2. The summed E-state index contributed by atoms with van der Waals surface area (Å²) in [5.74, 6) is 0.914. The summed E-state index contributed by atoms with van der Waals surface area (Å²) in [4.78, 5) is 24.4. The van der Waals surface area contributed by atoms with Gasteiger partial charge in [0.05, 0.1) is 19.9 Å². The maximum Gasteiger partial charge on any atom is 0.271 e. The Hall–Kier alpha value is -4.04. The van der Waals surface area contributed by atoms with E-state index in [0.717, 1.165) is 12.0 Å². The van der Waals surface area contributed by atoms with Crippen LogP contribution in [0.1, 0.15) is 29.3 Å². The van der Waals surface area contributed by atoms with Gasteiger partial charge in [-0.2, -0.15) is 5.10 Å². The van der Waals surface area contributed by atoms with Crippen molar-refractivity contribution in [2.75, 3.05) is 25.6 Å². The molecule has 3 aromatic rings. The van der Waals surface area contributed by atoms with Crippen LogP contribution in [0.15, 0.2) is 71.8 Å². The van der Waals surface area contributed by atoms with Crippen LogP contribution in [0.3, 0.4) is 0 Å². The number of ether oxygens (including phenoxy) is 3. The van der Waals surface area contributed by atoms with E-state index in [1.165, 1.54) is 13.3 Å². The van der Waals surface area contributed by atoms with Crippen molar-refractivity contribution in [3.05, 3.63) is 82.9 Å². The lowest BCUT2D eigenvalue weighted by molar-refractivity contribution is -0.118. The highest BCUT2D eigenvalue weighted by molar-refractivity contribution is 6.30. The molecule has 0 unspecified atom stereocenters. The molecule has 3 rings (SSSR count). The van der Waals surface area contributed by atoms with Crippen LogP contribution in [0, 0.1) is 0 Å². The standard InChI is InChI=1S/C26H26ClN3O5/c1-3-14-34-23-13-6-19(15-24(23)33-2)26(32)30-28-16-18-4-11-22(12-5-18)35-17-25(31)29-21-9-7-20(27)8-10-21/h4-13,15-16H,3,14,17H2,1-2H3,(H,29,31)(H,30,32)/b28-16+. The van der Waals surface area contributed by atoms with Gasteiger partial charge >= 0.3 is 0 Å². The molecule has 0 spiro atoms. The van der Waals surface area contributed by atoms with Crippen molar-refractivity contribution in [1.82, 2.24) is 5.43 Å². The van der Waals surface area contributed by atoms with E-state index in [1.54, 1.807) is 66.7 Å². The lowest BCUT2D eigenvalue weighted by Crippen LogP contribution is -2.20. The van der Waals surface area contributed by atoms with Crippen molar-refractivity contribution in [2.24, 2.45) is 5.10 Å². The number of hydrazone groups is 1. The van der Waals surface area contributed by atoms with E-state index in [4.69, 9.17) is 25.8 Å². The number of carbonyl (C=O) groups excluding carboxylic acids is 2. The van der Waals surface area contributed by atoms with Crippen LogP contribution in [-0.2, 0) is 4.79 Å². The third-order valence-electron chi connectivity index (χ3n) is 4.65. The van der Waals surface area contributed by atoms with E-state index < -0.39 is 0 Å². The second-order valence-electron chi connectivity index (χ2n) is 7.33. The topological polar surface area (TPSA) is 98.3 Å². The summed E-state index contributed by atoms with van der Waals surface area (Å²) in [5, 5.41) is 7.31. The molecule has 0 aliphatic carbocycles. The fourth-order valence-corrected chi connectivity index (χ4v) is 3.03. The maximum absolute atomic E-state index is 12.4. The highest BCUT2D eigenvalue weighted by Crippen LogP contribution is 2.28. The number of benzene rings is 3. The first-order valence-corrected chi connectivity index (χ1v) is 11.3. The van der Waals surface area contributed by atoms with Gasteiger partial charge in [-0.25, -0.2) is 5.43 Å². The second-order valence-corrected chi connectivity index (χ2v) is 7.76. The molecule has 0 saturated carbocycles. The minimum atomic E-state index is -0.381. The van der Waals surface area contributed by atoms with Crippen LogP contribution in [0.25, 0.3) is 0 Å². The van der Waals surface area contributed by atoms with Gasteiger partial charge in [0, 0.05) is 16.3 Å². The Morgan fingerprint density at radius 3 is 2.40 bits per heavy atom. The lowest BCUT2D eigenvalue weighted by atomic mass is 10.2. The molecule has 0 heterocycles. The summed E-state index contributed by atoms with van der Waals surface area (Å²) >= 11 is 5.83. The Morgan fingerprint density at radius 2 is 1.71 bits per heavy atom. The molecule has 182 valence electrons. The number of methoxy groups -OCH3 is 1. The Labute approximate surface area is 208 Å². The predicted molar refractivity (Wildman–Crippen MR) is 136 cm³/mol. The van der Waals surface area contributed by atoms with Crippen LogP contribution in [-0.4, -0.2) is 38.4 Å². The van der Waals surface area contributed by atoms with Gasteiger partial charge in [0.15, 0.2) is 18.1 Å². The van der Waals surface area contributed by atoms with Gasteiger partial charge in [0.1, 0.15) is 5.75 Å². The van der Waals surface area contributed by atoms with Gasteiger partial charge in [0.2, 0.25) is 0 Å². The molecule has 8 nitrogen and oxygen atoms in total. The minimum Gasteiger partial charge on any atom is -0.493 e. The Morgan fingerprint density at radius 1 is 0.971 bits per heavy atom. The Bertz CT molecular complexity index is 1160. The molecular formula is C26H26ClN3O5. The summed E-state index contributed by atoms with van der Waals surface area (Å²) in [7, 11) is 1.52. The van der Waals surface area contributed by atoms with Crippen LogP contribution in [0.2, 0.25) is 5.02 Å². The molecular weight excluding hydrogens is 470 g/mol. The van der Waals surface area contributed by atoms with Gasteiger partial charge in [-0.05, 0) is 78.7 Å². The highest BCUT2D eigenvalue weighted by atomic mass is 35.5. The normalized spacial score (nSPS) is 10.6. The van der Waals surface area contributed by atoms with E-state index in [0.29, 0.717) is 40.1 Å². The number of hydrogen-bond acceptors (Lipinski definition) is 6. The molecule has 0 aromatic heterocycles. The largest absolute Gasteiger partial charge is 0.493 e. The summed E-state index contributed by atoms with van der Waals surface area (Å²) in [6.45, 7) is 2.43. The van der Waals surface area contributed by atoms with Gasteiger partial charge in [0.25, 0.3) is 11.8 Å². The van der Waals surface area contributed by atoms with Crippen LogP contribution >= 0.6 is 11.6 Å². The first-order valence-electron chi connectivity index (χ1n) is 10.9. The molecule has 0 aliphatic heterocycles. The zero-order valence-corrected chi connectivity index (χ0v) is 20.2. The quantitative estimate of drug-likeness (QED) is 0.290. The monoisotopic (exact) mass is 495 g/mol. The molecule has 0 saturated heterocycles. The molecule has 0 radical (unpaired) electrons. The van der Waals surface area contributed by atoms with Crippen molar-refractivity contribution in [1.29, 1.82) is 0 Å². The molecule has 3 aromatic carbocycles. The molecule has 0 fully saturated rings. The molecule has 2 amide bonds. The van der Waals surface area contributed by atoms with Crippen LogP contribution in [0.5, 0.6) is 17.2 Å². The number of nitrogens with zero attached hydrogens (tertiary/aromatic N) is 1. The first kappa shape index (κ1) is 25.6. The van der Waals surface area contributed by atoms with Crippen molar-refractivity contribution in [2.45, 2.75) is 13.3 Å². The van der Waals surface area contributed by atoms with Gasteiger partial charge < -0.3 is 19.5 Å². The summed E-state index contributed by atoms with van der Waals surface area (Å²) < 4.78 is 16.4. The summed E-state index contributed by atoms with van der Waals surface area (Å²) in [6, 6.07) is 18.7. The predicted octanol–water partition coefficient (Wildman–Crippen LogP) is 4.92. The van der Waals surface area contributed by atoms with Crippen molar-refractivity contribution in [3.63, 3.8) is 0 Å². The molecule has 0 bridgehead atoms. The average Bonchev–Trinajstić information content (AvgIpc) is 2.88. The average molecular weight is 496 g/mol. The number of nitrogens with one attached hydrogen (secondary N) is 2. The number of amides is 2. The number of rotatable bonds is 11. The number of carbonyl (C=O) groups is 2. The fraction of sp³-hybridized carbons (Fsp3) is 0.192. The number of anilines is 1. The lowest BCUT2D eigenvalue weighted by Gasteiger charge is -2.11. The van der Waals surface area contributed by atoms with E-state index in [2.05, 4.69) is 15.8 Å². The van der Waals surface area contributed by atoms with Crippen LogP contribution < -0.4 is 25.0 Å². The Kier molecular flexibility index (Phi) is 9.50. The summed E-state index contributed by atoms with van der Waals surface area (Å²) in [6.07, 6.45) is 2.37. The number of halogens is 1. The highest BCUT2D eigenvalue weighted by Gasteiger charge is 2.11. The Balaban J connectivity index is 1.48. The van der Waals surface area contributed by atoms with Crippen molar-refractivity contribution < 1.29 is 23.8 Å². The SMILES string of the molecule is CCCOc1ccc(C(=O)N/N=C/c2ccc(OCC(=O)Nc3ccc(Cl)cc3)cc2)cc1OC. The van der Waals surface area contributed by atoms with E-state index in [1.807, 2.05) is 6.92 Å². The molecule has 0 aliphatic rings. The second kappa shape index (κ2) is 13.0. The van der Waals surface area contributed by atoms with E-state index in [9.17, 15) is 9.59 Å². The van der Waals surface area contributed by atoms with Crippen molar-refractivity contribution in [3.8, 4) is 17.2 Å². The first-order chi connectivity index (χ1) is 17.0. The summed E-state index contributed by atoms with van der Waals surface area (Å²) in [5.41, 5.74) is 4.25. The molecule has 2 N–H and O–H groups in total. The smallest absolute Gasteiger partial charge is 0.271 e. The van der Waals surface area contributed by atoms with Crippen LogP contribution in [0.4, 0.5) is 5.69 Å². The zero-order chi connectivity index (χ0) is 25.0. The van der Waals surface area contributed by atoms with E-state index >= 15 is 0 Å². The van der Waals surface area contributed by atoms with Gasteiger partial charge in [-0.1, -0.05) is 18.5 Å². The third kappa shape index (κ3) is 8.04. The van der Waals surface area contributed by atoms with Crippen molar-refractivity contribution >= 4 is 35.3 Å². The molecule has 9 heteroatoms. The maximum atomic E-state index is 12.4. The van der Waals surface area contributed by atoms with Gasteiger partial charge in [-0.3, -0.25) is 9.59 Å². The molecule has 0 atom stereocenters.